The van der Waals surface area contributed by atoms with Gasteiger partial charge in [0.05, 0.1) is 16.9 Å². The smallest absolute Gasteiger partial charge is 0.0637 e. The highest BCUT2D eigenvalue weighted by atomic mass is 15.2. The van der Waals surface area contributed by atoms with Crippen molar-refractivity contribution in [3.05, 3.63) is 114 Å². The monoisotopic (exact) mass is 412 g/mol. The maximum atomic E-state index is 4.24. The molecule has 2 atom stereocenters. The maximum absolute atomic E-state index is 4.24. The standard InChI is InChI=1S/C28H20N4/c1-3-7-25-21(5-1)23-17-28-24(18-27(23)31(25)19-9-13-29-14-10-19)22-6-2-4-8-26(22)32(28)20-11-15-30-16-12-20/h1-18,23,27H. The van der Waals surface area contributed by atoms with Crippen molar-refractivity contribution in [2.75, 3.05) is 4.90 Å². The Labute approximate surface area is 185 Å². The first kappa shape index (κ1) is 17.5. The van der Waals surface area contributed by atoms with Gasteiger partial charge in [0.1, 0.15) is 0 Å². The Morgan fingerprint density at radius 2 is 1.34 bits per heavy atom. The first-order valence-corrected chi connectivity index (χ1v) is 10.9. The molecule has 152 valence electrons. The first-order chi connectivity index (χ1) is 15.9. The van der Waals surface area contributed by atoms with Crippen molar-refractivity contribution in [2.24, 2.45) is 0 Å². The SMILES string of the molecule is C1=c2c(n(-c3ccncc3)c3ccccc23)=CC2c3ccccc3N(c3ccncc3)C12. The number of para-hydroxylation sites is 2. The summed E-state index contributed by atoms with van der Waals surface area (Å²) in [5.74, 6) is 0.275. The van der Waals surface area contributed by atoms with Crippen LogP contribution in [0.25, 0.3) is 28.7 Å². The molecule has 7 rings (SSSR count). The lowest BCUT2D eigenvalue weighted by molar-refractivity contribution is 0.796. The van der Waals surface area contributed by atoms with Crippen molar-refractivity contribution in [3.63, 3.8) is 0 Å². The van der Waals surface area contributed by atoms with E-state index >= 15 is 0 Å². The maximum Gasteiger partial charge on any atom is 0.0637 e. The number of hydrogen-bond donors (Lipinski definition) is 0. The van der Waals surface area contributed by atoms with Crippen LogP contribution in [0.3, 0.4) is 0 Å². The van der Waals surface area contributed by atoms with Gasteiger partial charge in [0.2, 0.25) is 0 Å². The van der Waals surface area contributed by atoms with Crippen LogP contribution >= 0.6 is 0 Å². The molecular weight excluding hydrogens is 392 g/mol. The molecule has 1 aliphatic carbocycles. The van der Waals surface area contributed by atoms with Crippen LogP contribution in [-0.2, 0) is 0 Å². The molecule has 0 amide bonds. The van der Waals surface area contributed by atoms with Gasteiger partial charge in [-0.25, -0.2) is 0 Å². The average Bonchev–Trinajstić information content (AvgIpc) is 3.36. The number of hydrogen-bond acceptors (Lipinski definition) is 3. The highest BCUT2D eigenvalue weighted by molar-refractivity contribution is 5.88. The summed E-state index contributed by atoms with van der Waals surface area (Å²) in [6, 6.07) is 26.0. The minimum atomic E-state index is 0.221. The van der Waals surface area contributed by atoms with Gasteiger partial charge in [0.25, 0.3) is 0 Å². The van der Waals surface area contributed by atoms with E-state index in [2.05, 4.69) is 104 Å². The van der Waals surface area contributed by atoms with Crippen LogP contribution in [0, 0.1) is 0 Å². The quantitative estimate of drug-likeness (QED) is 0.434. The largest absolute Gasteiger partial charge is 0.333 e. The van der Waals surface area contributed by atoms with Gasteiger partial charge >= 0.3 is 0 Å². The zero-order valence-electron chi connectivity index (χ0n) is 17.3. The zero-order valence-corrected chi connectivity index (χ0v) is 17.3. The summed E-state index contributed by atoms with van der Waals surface area (Å²) in [6.45, 7) is 0. The molecule has 5 aromatic rings. The summed E-state index contributed by atoms with van der Waals surface area (Å²) in [4.78, 5) is 10.9. The molecule has 0 spiro atoms. The summed E-state index contributed by atoms with van der Waals surface area (Å²) < 4.78 is 2.37. The Hall–Kier alpha value is -4.18. The summed E-state index contributed by atoms with van der Waals surface area (Å²) in [5.41, 5.74) is 6.16. The van der Waals surface area contributed by atoms with E-state index < -0.39 is 0 Å². The van der Waals surface area contributed by atoms with Gasteiger partial charge in [-0.1, -0.05) is 42.5 Å². The van der Waals surface area contributed by atoms with Crippen LogP contribution in [0.1, 0.15) is 11.5 Å². The summed E-state index contributed by atoms with van der Waals surface area (Å²) >= 11 is 0. The molecule has 4 nitrogen and oxygen atoms in total. The Balaban J connectivity index is 1.56. The number of benzene rings is 2. The van der Waals surface area contributed by atoms with E-state index in [1.807, 2.05) is 24.8 Å². The van der Waals surface area contributed by atoms with E-state index in [0.29, 0.717) is 0 Å². The fourth-order valence-corrected chi connectivity index (χ4v) is 5.41. The molecule has 0 fully saturated rings. The fraction of sp³-hybridized carbons (Fsp3) is 0.0714. The second-order valence-corrected chi connectivity index (χ2v) is 8.34. The van der Waals surface area contributed by atoms with Crippen LogP contribution in [0.2, 0.25) is 0 Å². The lowest BCUT2D eigenvalue weighted by Crippen LogP contribution is -2.39. The predicted molar refractivity (Wildman–Crippen MR) is 129 cm³/mol. The van der Waals surface area contributed by atoms with Crippen molar-refractivity contribution in [1.29, 1.82) is 0 Å². The molecule has 0 saturated carbocycles. The molecule has 4 heteroatoms. The zero-order chi connectivity index (χ0) is 21.1. The normalized spacial score (nSPS) is 18.4. The summed E-state index contributed by atoms with van der Waals surface area (Å²) in [7, 11) is 0. The number of fused-ring (bicyclic) bond motifs is 6. The van der Waals surface area contributed by atoms with E-state index in [4.69, 9.17) is 0 Å². The van der Waals surface area contributed by atoms with Crippen LogP contribution in [0.5, 0.6) is 0 Å². The summed E-state index contributed by atoms with van der Waals surface area (Å²) in [5, 5.41) is 3.83. The van der Waals surface area contributed by atoms with Gasteiger partial charge in [-0.3, -0.25) is 9.97 Å². The van der Waals surface area contributed by atoms with E-state index in [1.165, 1.54) is 38.4 Å². The Bertz CT molecular complexity index is 1590. The molecule has 3 aromatic heterocycles. The van der Waals surface area contributed by atoms with Gasteiger partial charge in [0.15, 0.2) is 0 Å². The highest BCUT2D eigenvalue weighted by Gasteiger charge is 2.38. The van der Waals surface area contributed by atoms with Crippen molar-refractivity contribution in [1.82, 2.24) is 14.5 Å². The minimum absolute atomic E-state index is 0.221. The van der Waals surface area contributed by atoms with E-state index in [1.54, 1.807) is 0 Å². The van der Waals surface area contributed by atoms with E-state index in [-0.39, 0.29) is 12.0 Å². The van der Waals surface area contributed by atoms with Gasteiger partial charge < -0.3 is 9.47 Å². The van der Waals surface area contributed by atoms with Crippen molar-refractivity contribution in [3.8, 4) is 5.69 Å². The molecule has 4 heterocycles. The lowest BCUT2D eigenvalue weighted by atomic mass is 9.90. The lowest BCUT2D eigenvalue weighted by Gasteiger charge is -2.28. The van der Waals surface area contributed by atoms with Crippen LogP contribution in [0.4, 0.5) is 11.4 Å². The molecule has 0 bridgehead atoms. The number of anilines is 2. The number of aromatic nitrogens is 3. The molecule has 0 N–H and O–H groups in total. The van der Waals surface area contributed by atoms with E-state index in [0.717, 1.165) is 5.69 Å². The van der Waals surface area contributed by atoms with Crippen LogP contribution < -0.4 is 15.5 Å². The second kappa shape index (κ2) is 6.66. The van der Waals surface area contributed by atoms with Crippen LogP contribution in [0.15, 0.2) is 97.6 Å². The molecule has 32 heavy (non-hydrogen) atoms. The topological polar surface area (TPSA) is 34.0 Å². The van der Waals surface area contributed by atoms with Gasteiger partial charge in [0, 0.05) is 58.4 Å². The summed E-state index contributed by atoms with van der Waals surface area (Å²) in [6.07, 6.45) is 12.4. The molecule has 0 saturated heterocycles. The van der Waals surface area contributed by atoms with Gasteiger partial charge in [-0.05, 0) is 48.0 Å². The fourth-order valence-electron chi connectivity index (χ4n) is 5.41. The first-order valence-electron chi connectivity index (χ1n) is 10.9. The Morgan fingerprint density at radius 1 is 0.656 bits per heavy atom. The molecular formula is C28H20N4. The van der Waals surface area contributed by atoms with Crippen molar-refractivity contribution in [2.45, 2.75) is 12.0 Å². The number of nitrogens with zero attached hydrogens (tertiary/aromatic N) is 4. The van der Waals surface area contributed by atoms with Crippen molar-refractivity contribution < 1.29 is 0 Å². The van der Waals surface area contributed by atoms with Crippen LogP contribution in [-0.4, -0.2) is 20.6 Å². The number of pyridine rings is 2. The predicted octanol–water partition coefficient (Wildman–Crippen LogP) is 4.30. The molecule has 0 radical (unpaired) electrons. The van der Waals surface area contributed by atoms with Gasteiger partial charge in [-0.15, -0.1) is 0 Å². The Morgan fingerprint density at radius 3 is 2.16 bits per heavy atom. The molecule has 2 aromatic carbocycles. The molecule has 2 unspecified atom stereocenters. The molecule has 2 aliphatic rings. The highest BCUT2D eigenvalue weighted by Crippen LogP contribution is 2.47. The number of rotatable bonds is 2. The third kappa shape index (κ3) is 2.38. The Kier molecular flexibility index (Phi) is 3.64. The third-order valence-corrected chi connectivity index (χ3v) is 6.71. The third-order valence-electron chi connectivity index (χ3n) is 6.71. The molecule has 1 aliphatic heterocycles. The minimum Gasteiger partial charge on any atom is -0.333 e. The average molecular weight is 412 g/mol. The van der Waals surface area contributed by atoms with E-state index in [9.17, 15) is 0 Å². The van der Waals surface area contributed by atoms with Gasteiger partial charge in [-0.2, -0.15) is 0 Å². The van der Waals surface area contributed by atoms with Crippen molar-refractivity contribution >= 4 is 34.4 Å². The second-order valence-electron chi connectivity index (χ2n) is 8.34.